The molecule has 0 saturated heterocycles. The Morgan fingerprint density at radius 1 is 0.548 bits per heavy atom. The number of benzene rings is 3. The second-order valence-corrected chi connectivity index (χ2v) is 8.80. The molecule has 0 aliphatic carbocycles. The second-order valence-electron chi connectivity index (χ2n) is 8.80. The quantitative estimate of drug-likeness (QED) is 0.237. The van der Waals surface area contributed by atoms with Gasteiger partial charge in [0.05, 0.1) is 17.2 Å². The van der Waals surface area contributed by atoms with Gasteiger partial charge in [-0.05, 0) is 37.1 Å². The van der Waals surface area contributed by atoms with Crippen molar-refractivity contribution in [3.05, 3.63) is 97.3 Å². The molecule has 5 aromatic rings. The largest absolute Gasteiger partial charge is 0.286 e. The summed E-state index contributed by atoms with van der Waals surface area (Å²) in [4.78, 5) is 0. The highest BCUT2D eigenvalue weighted by molar-refractivity contribution is 6.09. The average molecular weight is 403 g/mol. The molecular weight excluding hydrogens is 376 g/mol. The van der Waals surface area contributed by atoms with Crippen molar-refractivity contribution in [2.24, 2.45) is 0 Å². The minimum absolute atomic E-state index is 0.438. The molecule has 0 N–H and O–H groups in total. The Labute approximate surface area is 183 Å². The number of aromatic nitrogens is 2. The summed E-state index contributed by atoms with van der Waals surface area (Å²) in [5.74, 6) is 0. The van der Waals surface area contributed by atoms with E-state index in [1.807, 2.05) is 0 Å². The highest BCUT2D eigenvalue weighted by Gasteiger charge is 2.35. The van der Waals surface area contributed by atoms with Crippen LogP contribution in [0.3, 0.4) is 0 Å². The summed E-state index contributed by atoms with van der Waals surface area (Å²) in [6, 6.07) is 31.6. The molecule has 0 saturated carbocycles. The molecule has 0 spiro atoms. The molecule has 6 rings (SSSR count). The molecule has 0 bridgehead atoms. The zero-order chi connectivity index (χ0) is 20.9. The molecule has 150 valence electrons. The van der Waals surface area contributed by atoms with Crippen LogP contribution in [0.15, 0.2) is 97.3 Å². The van der Waals surface area contributed by atoms with Crippen molar-refractivity contribution < 1.29 is 9.13 Å². The third-order valence-corrected chi connectivity index (χ3v) is 6.85. The van der Waals surface area contributed by atoms with E-state index in [0.29, 0.717) is 12.1 Å². The van der Waals surface area contributed by atoms with E-state index in [1.54, 1.807) is 0 Å². The van der Waals surface area contributed by atoms with Crippen molar-refractivity contribution in [1.29, 1.82) is 0 Å². The van der Waals surface area contributed by atoms with Gasteiger partial charge in [0.25, 0.3) is 11.0 Å². The molecule has 2 heteroatoms. The first-order chi connectivity index (χ1) is 15.2. The molecule has 1 aliphatic heterocycles. The molecule has 2 nitrogen and oxygen atoms in total. The maximum absolute atomic E-state index is 2.50. The van der Waals surface area contributed by atoms with Gasteiger partial charge in [-0.3, -0.25) is 0 Å². The average Bonchev–Trinajstić information content (AvgIpc) is 2.93. The first kappa shape index (κ1) is 18.3. The van der Waals surface area contributed by atoms with Crippen LogP contribution in [0.25, 0.3) is 44.1 Å². The summed E-state index contributed by atoms with van der Waals surface area (Å²) >= 11 is 0. The summed E-state index contributed by atoms with van der Waals surface area (Å²) in [6.07, 6.45) is 5.71. The van der Waals surface area contributed by atoms with Crippen LogP contribution in [0, 0.1) is 0 Å². The van der Waals surface area contributed by atoms with Crippen LogP contribution >= 0.6 is 0 Å². The molecule has 2 aromatic heterocycles. The van der Waals surface area contributed by atoms with Crippen molar-refractivity contribution in [3.63, 3.8) is 0 Å². The lowest BCUT2D eigenvalue weighted by molar-refractivity contribution is -0.711. The lowest BCUT2D eigenvalue weighted by Crippen LogP contribution is -2.39. The van der Waals surface area contributed by atoms with Crippen LogP contribution in [0.2, 0.25) is 0 Å². The molecule has 3 heterocycles. The van der Waals surface area contributed by atoms with Crippen LogP contribution in [-0.2, 0) is 0 Å². The Morgan fingerprint density at radius 3 is 1.39 bits per heavy atom. The molecule has 1 aliphatic rings. The summed E-state index contributed by atoms with van der Waals surface area (Å²) < 4.78 is 5.00. The fraction of sp³-hybridized carbons (Fsp3) is 0.172. The fourth-order valence-corrected chi connectivity index (χ4v) is 5.37. The van der Waals surface area contributed by atoms with Crippen molar-refractivity contribution in [2.45, 2.75) is 32.4 Å². The van der Waals surface area contributed by atoms with Crippen molar-refractivity contribution in [3.8, 4) is 22.3 Å². The number of hydrogen-bond acceptors (Lipinski definition) is 0. The van der Waals surface area contributed by atoms with Gasteiger partial charge >= 0.3 is 0 Å². The van der Waals surface area contributed by atoms with Crippen LogP contribution in [0.1, 0.15) is 32.4 Å². The zero-order valence-electron chi connectivity index (χ0n) is 18.0. The molecule has 3 aromatic carbocycles. The third-order valence-electron chi connectivity index (χ3n) is 6.85. The fourth-order valence-electron chi connectivity index (χ4n) is 5.37. The summed E-state index contributed by atoms with van der Waals surface area (Å²) in [5.41, 5.74) is 7.82. The van der Waals surface area contributed by atoms with Gasteiger partial charge in [0.1, 0.15) is 0 Å². The normalized spacial score (nSPS) is 17.9. The lowest BCUT2D eigenvalue weighted by Gasteiger charge is -2.11. The molecule has 2 unspecified atom stereocenters. The van der Waals surface area contributed by atoms with Gasteiger partial charge in [-0.25, -0.2) is 0 Å². The Hall–Kier alpha value is -3.52. The van der Waals surface area contributed by atoms with Crippen LogP contribution in [-0.4, -0.2) is 0 Å². The van der Waals surface area contributed by atoms with Gasteiger partial charge in [0, 0.05) is 23.3 Å². The monoisotopic (exact) mass is 402 g/mol. The van der Waals surface area contributed by atoms with Crippen LogP contribution < -0.4 is 9.13 Å². The molecule has 2 atom stereocenters. The van der Waals surface area contributed by atoms with E-state index in [2.05, 4.69) is 120 Å². The van der Waals surface area contributed by atoms with Gasteiger partial charge < -0.3 is 0 Å². The van der Waals surface area contributed by atoms with Gasteiger partial charge in [0.15, 0.2) is 24.5 Å². The highest BCUT2D eigenvalue weighted by atomic mass is 15.1. The predicted octanol–water partition coefficient (Wildman–Crippen LogP) is 6.43. The smallest absolute Gasteiger partial charge is 0.190 e. The Kier molecular flexibility index (Phi) is 4.14. The number of pyridine rings is 2. The summed E-state index contributed by atoms with van der Waals surface area (Å²) in [7, 11) is 0. The zero-order valence-corrected chi connectivity index (χ0v) is 18.0. The maximum atomic E-state index is 2.50. The van der Waals surface area contributed by atoms with E-state index in [9.17, 15) is 0 Å². The van der Waals surface area contributed by atoms with Crippen molar-refractivity contribution in [1.82, 2.24) is 0 Å². The van der Waals surface area contributed by atoms with E-state index in [0.717, 1.165) is 6.42 Å². The topological polar surface area (TPSA) is 7.76 Å². The predicted molar refractivity (Wildman–Crippen MR) is 127 cm³/mol. The van der Waals surface area contributed by atoms with Gasteiger partial charge in [-0.2, -0.15) is 9.13 Å². The second kappa shape index (κ2) is 7.02. The Morgan fingerprint density at radius 2 is 0.968 bits per heavy atom. The van der Waals surface area contributed by atoms with Crippen molar-refractivity contribution in [2.75, 3.05) is 0 Å². The van der Waals surface area contributed by atoms with Gasteiger partial charge in [0.2, 0.25) is 0 Å². The number of rotatable bonds is 2. The molecular formula is C29H26N2+2. The maximum Gasteiger partial charge on any atom is 0.286 e. The van der Waals surface area contributed by atoms with E-state index in [-0.39, 0.29) is 0 Å². The summed E-state index contributed by atoms with van der Waals surface area (Å²) in [6.45, 7) is 4.70. The van der Waals surface area contributed by atoms with Crippen LogP contribution in [0.4, 0.5) is 0 Å². The molecule has 0 amide bonds. The minimum Gasteiger partial charge on any atom is -0.190 e. The van der Waals surface area contributed by atoms with E-state index in [1.165, 1.54) is 44.1 Å². The van der Waals surface area contributed by atoms with Crippen molar-refractivity contribution >= 4 is 21.8 Å². The first-order valence-electron chi connectivity index (χ1n) is 11.2. The van der Waals surface area contributed by atoms with Gasteiger partial charge in [-0.1, -0.05) is 60.7 Å². The van der Waals surface area contributed by atoms with E-state index >= 15 is 0 Å². The SMILES string of the molecule is CC1CC(C)[n+]2ccc(-c3ccccc3)c3ccc4c(-c5ccccc5)cc[n+]1c4c32. The number of nitrogens with zero attached hydrogens (tertiary/aromatic N) is 2. The van der Waals surface area contributed by atoms with E-state index in [4.69, 9.17) is 0 Å². The molecule has 0 fully saturated rings. The Balaban J connectivity index is 1.79. The standard InChI is InChI=1S/C29H26N2/c1-20-19-21(2)31-18-16-25(23-11-7-4-8-12-23)27-14-13-26-24(22-9-5-3-6-10-22)15-17-30(20)28(26)29(27)31/h3-18,20-21H,19H2,1-2H3/q+2. The molecule has 0 radical (unpaired) electrons. The minimum atomic E-state index is 0.438. The van der Waals surface area contributed by atoms with Gasteiger partial charge in [-0.15, -0.1) is 0 Å². The first-order valence-corrected chi connectivity index (χ1v) is 11.2. The lowest BCUT2D eigenvalue weighted by atomic mass is 9.96. The summed E-state index contributed by atoms with van der Waals surface area (Å²) in [5, 5.41) is 2.64. The Bertz CT molecular complexity index is 1310. The number of hydrogen-bond donors (Lipinski definition) is 0. The van der Waals surface area contributed by atoms with Crippen LogP contribution in [0.5, 0.6) is 0 Å². The van der Waals surface area contributed by atoms with E-state index < -0.39 is 0 Å². The highest BCUT2D eigenvalue weighted by Crippen LogP contribution is 2.36. The third kappa shape index (κ3) is 2.79. The molecule has 31 heavy (non-hydrogen) atoms.